The van der Waals surface area contributed by atoms with Gasteiger partial charge in [-0.3, -0.25) is 14.4 Å². The number of carbonyl (C=O) groups excluding carboxylic acids is 4. The molecule has 3 aliphatic heterocycles. The molecule has 3 N–H and O–H groups in total. The zero-order chi connectivity index (χ0) is 43.6. The number of nitrogens with two attached hydrogens (primary N) is 1. The zero-order valence-corrected chi connectivity index (χ0v) is 36.5. The van der Waals surface area contributed by atoms with Crippen LogP contribution in [0.4, 0.5) is 10.7 Å². The van der Waals surface area contributed by atoms with Gasteiger partial charge in [-0.25, -0.2) is 19.7 Å². The molecular formula is C42H65N7O10. The predicted molar refractivity (Wildman–Crippen MR) is 216 cm³/mol. The van der Waals surface area contributed by atoms with Gasteiger partial charge in [-0.1, -0.05) is 27.7 Å². The molecule has 3 saturated heterocycles. The Bertz CT molecular complexity index is 1790. The average Bonchev–Trinajstić information content (AvgIpc) is 3.77. The third kappa shape index (κ3) is 9.64. The second-order valence-electron chi connectivity index (χ2n) is 17.4. The monoisotopic (exact) mass is 827 g/mol. The van der Waals surface area contributed by atoms with Crippen LogP contribution < -0.4 is 5.73 Å². The Labute approximate surface area is 347 Å². The number of amides is 1. The lowest BCUT2D eigenvalue weighted by Crippen LogP contribution is -2.60. The molecule has 0 radical (unpaired) electrons. The number of likely N-dealkylation sites (N-methyl/N-ethyl adjacent to an activating group) is 1. The number of fused-ring (bicyclic) bond motifs is 1. The number of aliphatic hydroxyl groups excluding tert-OH is 1. The third-order valence-electron chi connectivity index (χ3n) is 12.8. The van der Waals surface area contributed by atoms with Crippen LogP contribution in [0.3, 0.4) is 0 Å². The number of cyclic esters (lactones) is 1. The summed E-state index contributed by atoms with van der Waals surface area (Å²) >= 11 is 0. The van der Waals surface area contributed by atoms with E-state index in [4.69, 9.17) is 29.4 Å². The van der Waals surface area contributed by atoms with Crippen LogP contribution in [-0.2, 0) is 44.6 Å². The topological polar surface area (TPSA) is 211 Å². The number of ketones is 2. The fourth-order valence-corrected chi connectivity index (χ4v) is 9.39. The molecule has 328 valence electrons. The number of ether oxygens (including phenoxy) is 5. The van der Waals surface area contributed by atoms with Crippen LogP contribution in [0.15, 0.2) is 24.9 Å². The van der Waals surface area contributed by atoms with E-state index in [1.165, 1.54) is 14.0 Å². The summed E-state index contributed by atoms with van der Waals surface area (Å²) in [5.41, 5.74) is 4.36. The lowest BCUT2D eigenvalue weighted by atomic mass is 9.73. The van der Waals surface area contributed by atoms with Crippen molar-refractivity contribution in [3.05, 3.63) is 24.9 Å². The minimum atomic E-state index is -1.42. The van der Waals surface area contributed by atoms with Crippen molar-refractivity contribution >= 4 is 29.6 Å². The molecule has 3 aliphatic rings. The van der Waals surface area contributed by atoms with Gasteiger partial charge in [0.05, 0.1) is 35.9 Å². The van der Waals surface area contributed by atoms with Gasteiger partial charge < -0.3 is 48.9 Å². The summed E-state index contributed by atoms with van der Waals surface area (Å²) in [6.45, 7) is 14.8. The SMILES string of the molecule is CC[C@H]1OC(=O)[C@H](C)C(=O)[C@H](C)[C@@H](O[C@@H]2O[C@H](C)C[C@H](N(C)C)[C@H]2O)[C@](C)(OC)C[C@@H](C)C(=O)[C@H](C)[C@H]2N(CCCCn3cnc(-c4cnc(N)nc4)c3)C(=O)O[C@]12C. The van der Waals surface area contributed by atoms with Crippen molar-refractivity contribution in [3.63, 3.8) is 0 Å². The summed E-state index contributed by atoms with van der Waals surface area (Å²) in [6, 6.07) is -1.09. The van der Waals surface area contributed by atoms with Gasteiger partial charge in [-0.2, -0.15) is 0 Å². The molecule has 0 unspecified atom stereocenters. The number of nitrogen functional groups attached to an aromatic ring is 1. The second-order valence-corrected chi connectivity index (χ2v) is 17.4. The lowest BCUT2D eigenvalue weighted by molar-refractivity contribution is -0.295. The minimum Gasteiger partial charge on any atom is -0.458 e. The Kier molecular flexibility index (Phi) is 14.6. The highest BCUT2D eigenvalue weighted by Crippen LogP contribution is 2.43. The van der Waals surface area contributed by atoms with Crippen molar-refractivity contribution in [2.24, 2.45) is 23.7 Å². The summed E-state index contributed by atoms with van der Waals surface area (Å²) in [7, 11) is 5.23. The van der Waals surface area contributed by atoms with Crippen molar-refractivity contribution in [2.45, 2.75) is 148 Å². The summed E-state index contributed by atoms with van der Waals surface area (Å²) in [5.74, 6) is -4.85. The number of carbonyl (C=O) groups is 4. The van der Waals surface area contributed by atoms with E-state index < -0.39 is 83.4 Å². The molecule has 3 fully saturated rings. The number of anilines is 1. The van der Waals surface area contributed by atoms with Crippen molar-refractivity contribution in [2.75, 3.05) is 33.5 Å². The smallest absolute Gasteiger partial charge is 0.410 e. The second kappa shape index (κ2) is 18.7. The van der Waals surface area contributed by atoms with Gasteiger partial charge in [0.25, 0.3) is 0 Å². The molecule has 0 saturated carbocycles. The van der Waals surface area contributed by atoms with E-state index in [-0.39, 0.29) is 43.3 Å². The Morgan fingerprint density at radius 1 is 0.983 bits per heavy atom. The molecule has 13 atom stereocenters. The van der Waals surface area contributed by atoms with Gasteiger partial charge >= 0.3 is 12.1 Å². The fourth-order valence-electron chi connectivity index (χ4n) is 9.39. The number of esters is 1. The first kappa shape index (κ1) is 46.0. The van der Waals surface area contributed by atoms with Crippen molar-refractivity contribution < 1.29 is 48.0 Å². The van der Waals surface area contributed by atoms with Crippen LogP contribution in [0.25, 0.3) is 11.3 Å². The standard InChI is InChI=1S/C42H65N7O10/c1-12-31-42(8)35(49(40(54)59-42)16-14-13-15-48-21-29(46-22-48)28-19-44-39(43)45-20-28)25(4)32(50)23(2)18-41(7,55-11)36(26(5)33(51)27(6)37(53)57-31)58-38-34(52)30(47(9)10)17-24(3)56-38/h19-27,30-31,34-36,38,52H,12-18H2,1-11H3,(H2,43,44,45)/t23-,24-,25+,26+,27-,30+,31-,34-,35-,36-,38+,41-,42-/m1/s1. The molecular weight excluding hydrogens is 763 g/mol. The number of Topliss-reactive ketones (excluding diaryl/α,β-unsaturated/α-hetero) is 2. The first-order valence-electron chi connectivity index (χ1n) is 20.8. The van der Waals surface area contributed by atoms with Crippen molar-refractivity contribution in [1.82, 2.24) is 29.3 Å². The summed E-state index contributed by atoms with van der Waals surface area (Å²) in [4.78, 5) is 72.9. The van der Waals surface area contributed by atoms with Gasteiger partial charge in [0.15, 0.2) is 17.7 Å². The van der Waals surface area contributed by atoms with Crippen LogP contribution in [0, 0.1) is 23.7 Å². The number of hydrogen-bond donors (Lipinski definition) is 2. The number of rotatable bonds is 11. The molecule has 17 heteroatoms. The normalized spacial score (nSPS) is 36.3. The number of hydrogen-bond acceptors (Lipinski definition) is 15. The molecule has 5 rings (SSSR count). The quantitative estimate of drug-likeness (QED) is 0.187. The highest BCUT2D eigenvalue weighted by Gasteiger charge is 2.60. The highest BCUT2D eigenvalue weighted by molar-refractivity contribution is 6.00. The van der Waals surface area contributed by atoms with Gasteiger partial charge in [-0.05, 0) is 73.9 Å². The van der Waals surface area contributed by atoms with Crippen molar-refractivity contribution in [1.29, 1.82) is 0 Å². The van der Waals surface area contributed by atoms with Gasteiger partial charge in [0, 0.05) is 68.1 Å². The Morgan fingerprint density at radius 2 is 1.64 bits per heavy atom. The van der Waals surface area contributed by atoms with Crippen LogP contribution in [0.5, 0.6) is 0 Å². The Morgan fingerprint density at radius 3 is 2.27 bits per heavy atom. The van der Waals surface area contributed by atoms with Crippen LogP contribution >= 0.6 is 0 Å². The molecule has 17 nitrogen and oxygen atoms in total. The summed E-state index contributed by atoms with van der Waals surface area (Å²) in [5, 5.41) is 11.4. The lowest BCUT2D eigenvalue weighted by Gasteiger charge is -2.47. The van der Waals surface area contributed by atoms with Crippen LogP contribution in [0.1, 0.15) is 87.5 Å². The van der Waals surface area contributed by atoms with E-state index in [0.717, 1.165) is 5.56 Å². The van der Waals surface area contributed by atoms with Crippen LogP contribution in [0.2, 0.25) is 0 Å². The first-order valence-corrected chi connectivity index (χ1v) is 20.8. The number of aromatic nitrogens is 4. The number of imidazole rings is 1. The van der Waals surface area contributed by atoms with E-state index in [2.05, 4.69) is 15.0 Å². The molecule has 59 heavy (non-hydrogen) atoms. The molecule has 2 aromatic rings. The Hall–Kier alpha value is -4.03. The van der Waals surface area contributed by atoms with E-state index in [1.54, 1.807) is 58.2 Å². The van der Waals surface area contributed by atoms with Gasteiger partial charge in [0.2, 0.25) is 5.95 Å². The maximum atomic E-state index is 14.7. The number of unbranched alkanes of at least 4 members (excludes halogenated alkanes) is 1. The fraction of sp³-hybridized carbons (Fsp3) is 0.738. The molecule has 5 heterocycles. The van der Waals surface area contributed by atoms with Gasteiger partial charge in [-0.15, -0.1) is 0 Å². The summed E-state index contributed by atoms with van der Waals surface area (Å²) in [6.07, 6.45) is 3.92. The molecule has 2 aromatic heterocycles. The Balaban J connectivity index is 1.43. The molecule has 0 aromatic carbocycles. The maximum absolute atomic E-state index is 14.7. The largest absolute Gasteiger partial charge is 0.458 e. The zero-order valence-electron chi connectivity index (χ0n) is 36.5. The average molecular weight is 828 g/mol. The third-order valence-corrected chi connectivity index (χ3v) is 12.8. The predicted octanol–water partition coefficient (Wildman–Crippen LogP) is 3.91. The first-order chi connectivity index (χ1) is 27.8. The van der Waals surface area contributed by atoms with E-state index in [1.807, 2.05) is 43.6 Å². The van der Waals surface area contributed by atoms with E-state index in [9.17, 15) is 24.3 Å². The summed E-state index contributed by atoms with van der Waals surface area (Å²) < 4.78 is 33.1. The number of nitrogens with zero attached hydrogens (tertiary/aromatic N) is 6. The molecule has 0 spiro atoms. The molecule has 0 bridgehead atoms. The van der Waals surface area contributed by atoms with Crippen LogP contribution in [-0.4, -0.2) is 140 Å². The van der Waals surface area contributed by atoms with Gasteiger partial charge in [0.1, 0.15) is 23.9 Å². The number of aryl methyl sites for hydroxylation is 1. The highest BCUT2D eigenvalue weighted by atomic mass is 16.7. The molecule has 0 aliphatic carbocycles. The van der Waals surface area contributed by atoms with Crippen molar-refractivity contribution in [3.8, 4) is 11.3 Å². The maximum Gasteiger partial charge on any atom is 0.410 e. The van der Waals surface area contributed by atoms with E-state index in [0.29, 0.717) is 31.5 Å². The minimum absolute atomic E-state index is 0.119. The van der Waals surface area contributed by atoms with E-state index >= 15 is 0 Å². The molecule has 1 amide bonds. The number of aliphatic hydroxyl groups is 1. The number of methoxy groups -OCH3 is 1.